The molecule has 6 nitrogen and oxygen atoms in total. The number of aromatic nitrogens is 1. The lowest BCUT2D eigenvalue weighted by Crippen LogP contribution is -2.55. The van der Waals surface area contributed by atoms with Crippen molar-refractivity contribution in [1.82, 2.24) is 15.2 Å². The van der Waals surface area contributed by atoms with E-state index in [-0.39, 0.29) is 29.5 Å². The Bertz CT molecular complexity index is 767. The summed E-state index contributed by atoms with van der Waals surface area (Å²) in [7, 11) is 0. The van der Waals surface area contributed by atoms with Gasteiger partial charge in [0.2, 0.25) is 5.91 Å². The molecule has 150 valence electrons. The molecule has 3 rings (SSSR count). The minimum atomic E-state index is -1.01. The van der Waals surface area contributed by atoms with Crippen molar-refractivity contribution in [2.24, 2.45) is 11.3 Å². The fraction of sp³-hybridized carbons (Fsp3) is 0.591. The zero-order chi connectivity index (χ0) is 20.4. The van der Waals surface area contributed by atoms with Gasteiger partial charge in [0.05, 0.1) is 5.60 Å². The average Bonchev–Trinajstić information content (AvgIpc) is 2.64. The predicted molar refractivity (Wildman–Crippen MR) is 106 cm³/mol. The van der Waals surface area contributed by atoms with Crippen LogP contribution < -0.4 is 5.32 Å². The van der Waals surface area contributed by atoms with Crippen LogP contribution in [-0.4, -0.2) is 52.0 Å². The van der Waals surface area contributed by atoms with Crippen molar-refractivity contribution in [3.63, 3.8) is 0 Å². The number of hydrogen-bond acceptors (Lipinski definition) is 4. The Balaban J connectivity index is 1.50. The molecule has 1 saturated carbocycles. The van der Waals surface area contributed by atoms with Gasteiger partial charge in [-0.2, -0.15) is 0 Å². The van der Waals surface area contributed by atoms with Crippen molar-refractivity contribution in [3.8, 4) is 12.3 Å². The number of carbonyl (C=O) groups is 2. The maximum absolute atomic E-state index is 12.9. The lowest BCUT2D eigenvalue weighted by molar-refractivity contribution is -0.149. The van der Waals surface area contributed by atoms with Crippen molar-refractivity contribution >= 4 is 11.8 Å². The third kappa shape index (κ3) is 4.20. The highest BCUT2D eigenvalue weighted by Gasteiger charge is 2.44. The largest absolute Gasteiger partial charge is 0.388 e. The summed E-state index contributed by atoms with van der Waals surface area (Å²) in [6.45, 7) is 5.24. The highest BCUT2D eigenvalue weighted by Crippen LogP contribution is 2.43. The molecule has 0 bridgehead atoms. The number of likely N-dealkylation sites (tertiary alicyclic amines) is 1. The molecule has 28 heavy (non-hydrogen) atoms. The second kappa shape index (κ2) is 7.92. The van der Waals surface area contributed by atoms with Crippen molar-refractivity contribution in [2.45, 2.75) is 51.6 Å². The number of aliphatic hydroxyl groups is 1. The van der Waals surface area contributed by atoms with E-state index in [1.54, 1.807) is 12.1 Å². The number of terminal acetylenes is 1. The summed E-state index contributed by atoms with van der Waals surface area (Å²) in [5, 5.41) is 13.6. The summed E-state index contributed by atoms with van der Waals surface area (Å²) in [6, 6.07) is 3.23. The SMILES string of the molecule is C#Cc1ccc(C(=O)NCC2(O)CCN(C(=O)C(C)(C)C3CCC3)CC2)nc1. The molecular weight excluding hydrogens is 354 g/mol. The number of carbonyl (C=O) groups excluding carboxylic acids is 2. The molecule has 2 amide bonds. The maximum Gasteiger partial charge on any atom is 0.269 e. The van der Waals surface area contributed by atoms with Crippen LogP contribution in [0, 0.1) is 23.7 Å². The molecule has 1 saturated heterocycles. The fourth-order valence-electron chi connectivity index (χ4n) is 3.96. The summed E-state index contributed by atoms with van der Waals surface area (Å²) in [4.78, 5) is 31.1. The van der Waals surface area contributed by atoms with E-state index in [4.69, 9.17) is 6.42 Å². The van der Waals surface area contributed by atoms with Crippen LogP contribution in [0.15, 0.2) is 18.3 Å². The van der Waals surface area contributed by atoms with E-state index < -0.39 is 5.60 Å². The summed E-state index contributed by atoms with van der Waals surface area (Å²) in [5.74, 6) is 2.76. The number of amides is 2. The van der Waals surface area contributed by atoms with E-state index in [1.807, 2.05) is 18.7 Å². The van der Waals surface area contributed by atoms with E-state index in [2.05, 4.69) is 16.2 Å². The van der Waals surface area contributed by atoms with Gasteiger partial charge < -0.3 is 15.3 Å². The molecule has 0 spiro atoms. The highest BCUT2D eigenvalue weighted by molar-refractivity contribution is 5.92. The van der Waals surface area contributed by atoms with Gasteiger partial charge in [-0.1, -0.05) is 26.2 Å². The zero-order valence-electron chi connectivity index (χ0n) is 16.7. The smallest absolute Gasteiger partial charge is 0.269 e. The lowest BCUT2D eigenvalue weighted by Gasteiger charge is -2.45. The van der Waals surface area contributed by atoms with Crippen LogP contribution in [0.2, 0.25) is 0 Å². The number of piperidine rings is 1. The topological polar surface area (TPSA) is 82.5 Å². The van der Waals surface area contributed by atoms with Crippen LogP contribution in [-0.2, 0) is 4.79 Å². The van der Waals surface area contributed by atoms with Crippen LogP contribution in [0.25, 0.3) is 0 Å². The van der Waals surface area contributed by atoms with Crippen molar-refractivity contribution in [3.05, 3.63) is 29.6 Å². The molecule has 2 heterocycles. The number of nitrogens with zero attached hydrogens (tertiary/aromatic N) is 2. The molecule has 6 heteroatoms. The van der Waals surface area contributed by atoms with Gasteiger partial charge in [-0.3, -0.25) is 9.59 Å². The summed E-state index contributed by atoms with van der Waals surface area (Å²) in [5.41, 5.74) is -0.473. The average molecular weight is 383 g/mol. The Morgan fingerprint density at radius 1 is 1.36 bits per heavy atom. The van der Waals surface area contributed by atoms with Crippen LogP contribution in [0.4, 0.5) is 0 Å². The van der Waals surface area contributed by atoms with Gasteiger partial charge in [0.1, 0.15) is 5.69 Å². The first-order chi connectivity index (χ1) is 13.2. The molecule has 2 aliphatic rings. The first-order valence-electron chi connectivity index (χ1n) is 9.98. The van der Waals surface area contributed by atoms with Gasteiger partial charge in [-0.15, -0.1) is 6.42 Å². The normalized spacial score (nSPS) is 19.4. The summed E-state index contributed by atoms with van der Waals surface area (Å²) in [6.07, 6.45) is 11.1. The second-order valence-electron chi connectivity index (χ2n) is 8.63. The van der Waals surface area contributed by atoms with Gasteiger partial charge >= 0.3 is 0 Å². The fourth-order valence-corrected chi connectivity index (χ4v) is 3.96. The van der Waals surface area contributed by atoms with Crippen LogP contribution in [0.1, 0.15) is 62.0 Å². The molecule has 1 aliphatic carbocycles. The summed E-state index contributed by atoms with van der Waals surface area (Å²) < 4.78 is 0. The molecule has 1 aromatic rings. The third-order valence-electron chi connectivity index (χ3n) is 6.40. The van der Waals surface area contributed by atoms with Crippen LogP contribution in [0.5, 0.6) is 0 Å². The lowest BCUT2D eigenvalue weighted by atomic mass is 9.66. The molecule has 0 atom stereocenters. The Morgan fingerprint density at radius 3 is 2.54 bits per heavy atom. The standard InChI is InChI=1S/C22H29N3O3/c1-4-16-8-9-18(23-14-16)19(26)24-15-22(28)10-12-25(13-11-22)20(27)21(2,3)17-6-5-7-17/h1,8-9,14,17,28H,5-7,10-13,15H2,2-3H3,(H,24,26). The van der Waals surface area contributed by atoms with E-state index in [9.17, 15) is 14.7 Å². The second-order valence-corrected chi connectivity index (χ2v) is 8.63. The Morgan fingerprint density at radius 2 is 2.04 bits per heavy atom. The minimum absolute atomic E-state index is 0.137. The zero-order valence-corrected chi connectivity index (χ0v) is 16.7. The Labute approximate surface area is 166 Å². The third-order valence-corrected chi connectivity index (χ3v) is 6.40. The van der Waals surface area contributed by atoms with Crippen LogP contribution in [0.3, 0.4) is 0 Å². The first-order valence-corrected chi connectivity index (χ1v) is 9.98. The highest BCUT2D eigenvalue weighted by atomic mass is 16.3. The van der Waals surface area contributed by atoms with Gasteiger partial charge in [0.15, 0.2) is 0 Å². The number of nitrogens with one attached hydrogen (secondary N) is 1. The Kier molecular flexibility index (Phi) is 5.76. The maximum atomic E-state index is 12.9. The van der Waals surface area contributed by atoms with Crippen molar-refractivity contribution in [1.29, 1.82) is 0 Å². The molecular formula is C22H29N3O3. The van der Waals surface area contributed by atoms with Crippen molar-refractivity contribution in [2.75, 3.05) is 19.6 Å². The number of hydrogen-bond donors (Lipinski definition) is 2. The molecule has 2 fully saturated rings. The van der Waals surface area contributed by atoms with E-state index in [1.165, 1.54) is 12.6 Å². The van der Waals surface area contributed by atoms with Gasteiger partial charge in [-0.25, -0.2) is 4.98 Å². The molecule has 1 aromatic heterocycles. The van der Waals surface area contributed by atoms with Crippen LogP contribution >= 0.6 is 0 Å². The number of pyridine rings is 1. The summed E-state index contributed by atoms with van der Waals surface area (Å²) >= 11 is 0. The molecule has 0 radical (unpaired) electrons. The van der Waals surface area contributed by atoms with E-state index in [0.717, 1.165) is 12.8 Å². The van der Waals surface area contributed by atoms with E-state index >= 15 is 0 Å². The van der Waals surface area contributed by atoms with Gasteiger partial charge in [0.25, 0.3) is 5.91 Å². The molecule has 0 aromatic carbocycles. The van der Waals surface area contributed by atoms with Gasteiger partial charge in [0, 0.05) is 36.8 Å². The van der Waals surface area contributed by atoms with E-state index in [0.29, 0.717) is 37.4 Å². The molecule has 1 aliphatic heterocycles. The first kappa shape index (κ1) is 20.3. The quantitative estimate of drug-likeness (QED) is 0.762. The molecule has 0 unspecified atom stereocenters. The van der Waals surface area contributed by atoms with Crippen molar-refractivity contribution < 1.29 is 14.7 Å². The molecule has 2 N–H and O–H groups in total. The predicted octanol–water partition coefficient (Wildman–Crippen LogP) is 1.97. The van der Waals surface area contributed by atoms with Gasteiger partial charge in [-0.05, 0) is 43.7 Å². The Hall–Kier alpha value is -2.39. The monoisotopic (exact) mass is 383 g/mol. The minimum Gasteiger partial charge on any atom is -0.388 e. The number of rotatable bonds is 5.